The number of alkyl halides is 3. The molecule has 0 aliphatic heterocycles. The fraction of sp³-hybridized carbons (Fsp3) is 0.130. The van der Waals surface area contributed by atoms with Crippen molar-refractivity contribution in [2.45, 2.75) is 17.5 Å². The smallest absolute Gasteiger partial charge is 0.326 e. The molecule has 0 aliphatic rings. The highest BCUT2D eigenvalue weighted by Gasteiger charge is 2.31. The second-order valence-corrected chi connectivity index (χ2v) is 8.80. The second kappa shape index (κ2) is 11.0. The number of thioether (sulfide) groups is 1. The number of amides is 2. The van der Waals surface area contributed by atoms with E-state index >= 15 is 0 Å². The number of carbonyl (C=O) groups excluding carboxylic acids is 2. The molecule has 3 rings (SSSR count). The van der Waals surface area contributed by atoms with E-state index in [1.54, 1.807) is 48.5 Å². The van der Waals surface area contributed by atoms with E-state index in [9.17, 15) is 22.8 Å². The Kier molecular flexibility index (Phi) is 8.29. The fourth-order valence-corrected chi connectivity index (χ4v) is 3.83. The number of benzene rings is 3. The van der Waals surface area contributed by atoms with Crippen LogP contribution in [0.3, 0.4) is 0 Å². The fourth-order valence-electron chi connectivity index (χ4n) is 2.79. The van der Waals surface area contributed by atoms with E-state index in [1.165, 1.54) is 11.8 Å². The molecule has 0 saturated carbocycles. The van der Waals surface area contributed by atoms with Crippen LogP contribution in [0.4, 0.5) is 24.5 Å². The molecule has 0 bridgehead atoms. The van der Waals surface area contributed by atoms with Gasteiger partial charge in [0.05, 0.1) is 28.4 Å². The van der Waals surface area contributed by atoms with E-state index in [4.69, 9.17) is 23.2 Å². The quantitative estimate of drug-likeness (QED) is 0.337. The molecule has 0 spiro atoms. The monoisotopic (exact) mass is 512 g/mol. The summed E-state index contributed by atoms with van der Waals surface area (Å²) in [5.74, 6) is -0.788. The van der Waals surface area contributed by atoms with E-state index in [-0.39, 0.29) is 28.8 Å². The molecule has 2 N–H and O–H groups in total. The predicted octanol–water partition coefficient (Wildman–Crippen LogP) is 6.92. The molecule has 0 aliphatic carbocycles. The van der Waals surface area contributed by atoms with Crippen molar-refractivity contribution in [3.63, 3.8) is 0 Å². The molecule has 3 aromatic rings. The van der Waals surface area contributed by atoms with Gasteiger partial charge in [-0.1, -0.05) is 41.4 Å². The highest BCUT2D eigenvalue weighted by Crippen LogP contribution is 2.34. The van der Waals surface area contributed by atoms with Crippen LogP contribution in [0.25, 0.3) is 0 Å². The average Bonchev–Trinajstić information content (AvgIpc) is 2.75. The third-order valence-corrected chi connectivity index (χ3v) is 5.91. The minimum atomic E-state index is -4.54. The Balaban J connectivity index is 1.55. The molecular formula is C23H17Cl2F3N2O2S. The molecule has 0 saturated heterocycles. The van der Waals surface area contributed by atoms with E-state index in [2.05, 4.69) is 10.6 Å². The van der Waals surface area contributed by atoms with Crippen LogP contribution in [0.15, 0.2) is 71.6 Å². The zero-order chi connectivity index (χ0) is 24.0. The third kappa shape index (κ3) is 7.70. The van der Waals surface area contributed by atoms with Gasteiger partial charge in [-0.2, -0.15) is 13.2 Å². The summed E-state index contributed by atoms with van der Waals surface area (Å²) in [4.78, 5) is 25.2. The first kappa shape index (κ1) is 25.0. The number of rotatable bonds is 7. The van der Waals surface area contributed by atoms with Gasteiger partial charge in [0.15, 0.2) is 0 Å². The van der Waals surface area contributed by atoms with Gasteiger partial charge in [-0.15, -0.1) is 11.8 Å². The van der Waals surface area contributed by atoms with Crippen LogP contribution >= 0.6 is 35.0 Å². The molecule has 2 amide bonds. The van der Waals surface area contributed by atoms with Crippen molar-refractivity contribution in [3.8, 4) is 0 Å². The summed E-state index contributed by atoms with van der Waals surface area (Å²) < 4.78 is 38.6. The lowest BCUT2D eigenvalue weighted by molar-refractivity contribution is -0.137. The molecule has 172 valence electrons. The number of anilines is 2. The van der Waals surface area contributed by atoms with Gasteiger partial charge in [0.2, 0.25) is 11.8 Å². The lowest BCUT2D eigenvalue weighted by Crippen LogP contribution is -2.15. The third-order valence-electron chi connectivity index (χ3n) is 4.33. The summed E-state index contributed by atoms with van der Waals surface area (Å²) in [5.41, 5.74) is 0.352. The molecule has 0 heterocycles. The Bertz CT molecular complexity index is 1160. The van der Waals surface area contributed by atoms with Gasteiger partial charge in [0.25, 0.3) is 0 Å². The van der Waals surface area contributed by atoms with E-state index < -0.39 is 17.6 Å². The molecular weight excluding hydrogens is 496 g/mol. The van der Waals surface area contributed by atoms with Crippen LogP contribution in [-0.4, -0.2) is 17.6 Å². The van der Waals surface area contributed by atoms with Crippen molar-refractivity contribution in [3.05, 3.63) is 87.9 Å². The van der Waals surface area contributed by atoms with Crippen LogP contribution in [0.1, 0.15) is 11.1 Å². The summed E-state index contributed by atoms with van der Waals surface area (Å²) in [6.07, 6.45) is -4.37. The lowest BCUT2D eigenvalue weighted by Gasteiger charge is -2.12. The number of carbonyl (C=O) groups is 2. The molecule has 33 heavy (non-hydrogen) atoms. The Morgan fingerprint density at radius 2 is 1.61 bits per heavy atom. The van der Waals surface area contributed by atoms with Crippen LogP contribution in [-0.2, 0) is 22.2 Å². The summed E-state index contributed by atoms with van der Waals surface area (Å²) in [5, 5.41) is 5.78. The second-order valence-electron chi connectivity index (χ2n) is 6.91. The Labute approximate surface area is 202 Å². The van der Waals surface area contributed by atoms with Crippen LogP contribution < -0.4 is 10.6 Å². The Hall–Kier alpha value is -2.68. The number of halogens is 5. The molecule has 0 aromatic heterocycles. The minimum Gasteiger partial charge on any atom is -0.326 e. The molecule has 0 fully saturated rings. The molecule has 0 radical (unpaired) electrons. The first-order valence-corrected chi connectivity index (χ1v) is 11.3. The van der Waals surface area contributed by atoms with Gasteiger partial charge in [0.1, 0.15) is 0 Å². The van der Waals surface area contributed by atoms with Crippen LogP contribution in [0, 0.1) is 0 Å². The maximum atomic E-state index is 12.9. The maximum Gasteiger partial charge on any atom is 0.416 e. The molecule has 0 unspecified atom stereocenters. The topological polar surface area (TPSA) is 58.2 Å². The maximum absolute atomic E-state index is 12.9. The molecule has 0 atom stereocenters. The van der Waals surface area contributed by atoms with Crippen molar-refractivity contribution in [1.29, 1.82) is 0 Å². The Morgan fingerprint density at radius 3 is 2.30 bits per heavy atom. The highest BCUT2D eigenvalue weighted by atomic mass is 35.5. The summed E-state index contributed by atoms with van der Waals surface area (Å²) >= 11 is 12.9. The van der Waals surface area contributed by atoms with E-state index in [0.29, 0.717) is 15.6 Å². The first-order valence-electron chi connectivity index (χ1n) is 9.54. The van der Waals surface area contributed by atoms with Crippen molar-refractivity contribution >= 4 is 58.2 Å². The van der Waals surface area contributed by atoms with Crippen molar-refractivity contribution < 1.29 is 22.8 Å². The highest BCUT2D eigenvalue weighted by molar-refractivity contribution is 8.00. The van der Waals surface area contributed by atoms with Gasteiger partial charge in [-0.25, -0.2) is 0 Å². The van der Waals surface area contributed by atoms with Crippen molar-refractivity contribution in [1.82, 2.24) is 0 Å². The number of hydrogen-bond donors (Lipinski definition) is 2. The number of nitrogens with one attached hydrogen (secondary N) is 2. The van der Waals surface area contributed by atoms with Crippen molar-refractivity contribution in [2.75, 3.05) is 16.4 Å². The summed E-state index contributed by atoms with van der Waals surface area (Å²) in [6.45, 7) is 0. The van der Waals surface area contributed by atoms with Gasteiger partial charge in [0, 0.05) is 15.6 Å². The van der Waals surface area contributed by atoms with Gasteiger partial charge < -0.3 is 10.6 Å². The lowest BCUT2D eigenvalue weighted by atomic mass is 10.1. The Morgan fingerprint density at radius 1 is 0.879 bits per heavy atom. The standard InChI is InChI=1S/C23H17Cl2F3N2O2S/c24-16-7-4-14(5-8-16)10-21(31)29-17-2-1-3-18(12-17)33-13-22(32)30-20-11-15(23(26,27)28)6-9-19(20)25/h1-9,11-12H,10,13H2,(H,29,31)(H,30,32). The average molecular weight is 513 g/mol. The predicted molar refractivity (Wildman–Crippen MR) is 126 cm³/mol. The van der Waals surface area contributed by atoms with Gasteiger partial charge in [-0.3, -0.25) is 9.59 Å². The SMILES string of the molecule is O=C(Cc1ccc(Cl)cc1)Nc1cccc(SCC(=O)Nc2cc(C(F)(F)F)ccc2Cl)c1. The van der Waals surface area contributed by atoms with Crippen LogP contribution in [0.5, 0.6) is 0 Å². The van der Waals surface area contributed by atoms with E-state index in [1.807, 2.05) is 0 Å². The molecule has 4 nitrogen and oxygen atoms in total. The summed E-state index contributed by atoms with van der Waals surface area (Å²) in [7, 11) is 0. The van der Waals surface area contributed by atoms with E-state index in [0.717, 1.165) is 23.8 Å². The minimum absolute atomic E-state index is 0.00625. The largest absolute Gasteiger partial charge is 0.416 e. The van der Waals surface area contributed by atoms with Crippen molar-refractivity contribution in [2.24, 2.45) is 0 Å². The first-order chi connectivity index (χ1) is 15.6. The van der Waals surface area contributed by atoms with Crippen LogP contribution in [0.2, 0.25) is 10.0 Å². The molecule has 10 heteroatoms. The zero-order valence-corrected chi connectivity index (χ0v) is 19.2. The number of hydrogen-bond acceptors (Lipinski definition) is 3. The zero-order valence-electron chi connectivity index (χ0n) is 16.9. The molecule has 3 aromatic carbocycles. The van der Waals surface area contributed by atoms with Gasteiger partial charge >= 0.3 is 6.18 Å². The normalized spacial score (nSPS) is 11.2. The van der Waals surface area contributed by atoms with Gasteiger partial charge in [-0.05, 0) is 54.1 Å². The summed E-state index contributed by atoms with van der Waals surface area (Å²) in [6, 6.07) is 16.6.